The van der Waals surface area contributed by atoms with Gasteiger partial charge in [-0.15, -0.1) is 0 Å². The van der Waals surface area contributed by atoms with Crippen LogP contribution >= 0.6 is 0 Å². The van der Waals surface area contributed by atoms with E-state index in [4.69, 9.17) is 15.2 Å². The van der Waals surface area contributed by atoms with E-state index in [-0.39, 0.29) is 11.8 Å². The minimum atomic E-state index is -0.391. The van der Waals surface area contributed by atoms with E-state index in [2.05, 4.69) is 11.0 Å². The lowest BCUT2D eigenvalue weighted by atomic mass is 9.91. The van der Waals surface area contributed by atoms with Crippen molar-refractivity contribution in [1.82, 2.24) is 4.90 Å². The second kappa shape index (κ2) is 7.85. The second-order valence-electron chi connectivity index (χ2n) is 6.49. The molecule has 2 aliphatic rings. The van der Waals surface area contributed by atoms with Gasteiger partial charge in [0.15, 0.2) is 0 Å². The molecule has 1 aromatic rings. The number of methoxy groups -OCH3 is 1. The molecule has 6 heteroatoms. The fraction of sp³-hybridized carbons (Fsp3) is 0.611. The Morgan fingerprint density at radius 3 is 2.62 bits per heavy atom. The van der Waals surface area contributed by atoms with Crippen molar-refractivity contribution in [3.05, 3.63) is 24.3 Å². The van der Waals surface area contributed by atoms with E-state index in [1.165, 1.54) is 0 Å². The molecule has 2 N–H and O–H groups in total. The van der Waals surface area contributed by atoms with E-state index in [0.29, 0.717) is 13.1 Å². The quantitative estimate of drug-likeness (QED) is 0.894. The van der Waals surface area contributed by atoms with Crippen molar-refractivity contribution < 1.29 is 14.3 Å². The SMILES string of the molecule is COc1cccc(N2CCN(C(=O)C(N)C3CCOCC3)CC2)c1. The number of anilines is 1. The zero-order chi connectivity index (χ0) is 16.9. The van der Waals surface area contributed by atoms with Crippen molar-refractivity contribution in [2.75, 3.05) is 51.4 Å². The van der Waals surface area contributed by atoms with Gasteiger partial charge in [-0.3, -0.25) is 4.79 Å². The van der Waals surface area contributed by atoms with Crippen molar-refractivity contribution in [2.45, 2.75) is 18.9 Å². The Labute approximate surface area is 143 Å². The van der Waals surface area contributed by atoms with Crippen LogP contribution in [0.1, 0.15) is 12.8 Å². The second-order valence-corrected chi connectivity index (χ2v) is 6.49. The Hall–Kier alpha value is -1.79. The first kappa shape index (κ1) is 17.0. The maximum Gasteiger partial charge on any atom is 0.239 e. The van der Waals surface area contributed by atoms with Crippen molar-refractivity contribution in [2.24, 2.45) is 11.7 Å². The van der Waals surface area contributed by atoms with Crippen LogP contribution in [-0.2, 0) is 9.53 Å². The van der Waals surface area contributed by atoms with E-state index in [0.717, 1.165) is 50.6 Å². The average Bonchev–Trinajstić information content (AvgIpc) is 2.67. The van der Waals surface area contributed by atoms with Crippen molar-refractivity contribution in [3.8, 4) is 5.75 Å². The van der Waals surface area contributed by atoms with Gasteiger partial charge in [-0.25, -0.2) is 0 Å². The van der Waals surface area contributed by atoms with Gasteiger partial charge in [0.2, 0.25) is 5.91 Å². The van der Waals surface area contributed by atoms with Crippen LogP contribution in [0.4, 0.5) is 5.69 Å². The molecule has 0 spiro atoms. The summed E-state index contributed by atoms with van der Waals surface area (Å²) in [4.78, 5) is 16.9. The number of nitrogens with two attached hydrogens (primary N) is 1. The van der Waals surface area contributed by atoms with E-state index < -0.39 is 6.04 Å². The molecular weight excluding hydrogens is 306 g/mol. The highest BCUT2D eigenvalue weighted by Crippen LogP contribution is 2.23. The van der Waals surface area contributed by atoms with Crippen LogP contribution < -0.4 is 15.4 Å². The number of hydrogen-bond acceptors (Lipinski definition) is 5. The van der Waals surface area contributed by atoms with Crippen LogP contribution in [0.15, 0.2) is 24.3 Å². The number of rotatable bonds is 4. The normalized spacial score (nSPS) is 20.8. The molecule has 1 aromatic carbocycles. The summed E-state index contributed by atoms with van der Waals surface area (Å²) in [5, 5.41) is 0. The summed E-state index contributed by atoms with van der Waals surface area (Å²) in [6.45, 7) is 4.50. The van der Waals surface area contributed by atoms with E-state index in [1.54, 1.807) is 7.11 Å². The van der Waals surface area contributed by atoms with Gasteiger partial charge in [0.25, 0.3) is 0 Å². The maximum absolute atomic E-state index is 12.7. The maximum atomic E-state index is 12.7. The summed E-state index contributed by atoms with van der Waals surface area (Å²) in [7, 11) is 1.67. The highest BCUT2D eigenvalue weighted by molar-refractivity contribution is 5.82. The van der Waals surface area contributed by atoms with Gasteiger partial charge < -0.3 is 25.0 Å². The topological polar surface area (TPSA) is 68.0 Å². The lowest BCUT2D eigenvalue weighted by Crippen LogP contribution is -2.55. The predicted molar refractivity (Wildman–Crippen MR) is 93.3 cm³/mol. The van der Waals surface area contributed by atoms with Crippen LogP contribution in [0.3, 0.4) is 0 Å². The third-order valence-electron chi connectivity index (χ3n) is 5.07. The minimum Gasteiger partial charge on any atom is -0.497 e. The summed E-state index contributed by atoms with van der Waals surface area (Å²) in [6, 6.07) is 7.65. The van der Waals surface area contributed by atoms with Crippen molar-refractivity contribution >= 4 is 11.6 Å². The molecule has 1 unspecified atom stereocenters. The van der Waals surface area contributed by atoms with Crippen molar-refractivity contribution in [1.29, 1.82) is 0 Å². The predicted octanol–water partition coefficient (Wildman–Crippen LogP) is 1.10. The molecule has 3 rings (SSSR count). The van der Waals surface area contributed by atoms with Crippen LogP contribution in [0.2, 0.25) is 0 Å². The van der Waals surface area contributed by atoms with E-state index >= 15 is 0 Å². The van der Waals surface area contributed by atoms with E-state index in [9.17, 15) is 4.79 Å². The number of hydrogen-bond donors (Lipinski definition) is 1. The number of benzene rings is 1. The molecule has 1 atom stereocenters. The monoisotopic (exact) mass is 333 g/mol. The Balaban J connectivity index is 1.55. The molecular formula is C18H27N3O3. The largest absolute Gasteiger partial charge is 0.497 e. The molecule has 1 amide bonds. The molecule has 24 heavy (non-hydrogen) atoms. The van der Waals surface area contributed by atoms with Gasteiger partial charge in [0.05, 0.1) is 13.2 Å². The minimum absolute atomic E-state index is 0.0900. The first-order valence-electron chi connectivity index (χ1n) is 8.70. The van der Waals surface area contributed by atoms with Crippen molar-refractivity contribution in [3.63, 3.8) is 0 Å². The molecule has 2 heterocycles. The van der Waals surface area contributed by atoms with Gasteiger partial charge in [-0.2, -0.15) is 0 Å². The summed E-state index contributed by atoms with van der Waals surface area (Å²) < 4.78 is 10.6. The van der Waals surface area contributed by atoms with Gasteiger partial charge in [0, 0.05) is 51.1 Å². The van der Waals surface area contributed by atoms with Crippen LogP contribution in [0, 0.1) is 5.92 Å². The molecule has 2 fully saturated rings. The number of carbonyl (C=O) groups excluding carboxylic acids is 1. The summed E-state index contributed by atoms with van der Waals surface area (Å²) >= 11 is 0. The van der Waals surface area contributed by atoms with Gasteiger partial charge in [-0.05, 0) is 30.9 Å². The highest BCUT2D eigenvalue weighted by Gasteiger charge is 2.31. The molecule has 2 aliphatic heterocycles. The van der Waals surface area contributed by atoms with Crippen LogP contribution in [0.25, 0.3) is 0 Å². The van der Waals surface area contributed by atoms with Gasteiger partial charge >= 0.3 is 0 Å². The standard InChI is InChI=1S/C18H27N3O3/c1-23-16-4-2-3-15(13-16)20-7-9-21(10-8-20)18(22)17(19)14-5-11-24-12-6-14/h2-4,13-14,17H,5-12,19H2,1H3. The molecule has 0 aromatic heterocycles. The number of amides is 1. The molecule has 0 radical (unpaired) electrons. The third kappa shape index (κ3) is 3.82. The Bertz CT molecular complexity index is 552. The molecule has 2 saturated heterocycles. The molecule has 132 valence electrons. The average molecular weight is 333 g/mol. The first-order chi connectivity index (χ1) is 11.7. The molecule has 6 nitrogen and oxygen atoms in total. The lowest BCUT2D eigenvalue weighted by Gasteiger charge is -2.38. The van der Waals surface area contributed by atoms with Gasteiger partial charge in [0.1, 0.15) is 5.75 Å². The Morgan fingerprint density at radius 1 is 1.25 bits per heavy atom. The fourth-order valence-electron chi connectivity index (χ4n) is 3.48. The van der Waals surface area contributed by atoms with Crippen LogP contribution in [-0.4, -0.2) is 63.4 Å². The lowest BCUT2D eigenvalue weighted by molar-refractivity contribution is -0.135. The number of carbonyl (C=O) groups is 1. The summed E-state index contributed by atoms with van der Waals surface area (Å²) in [6.07, 6.45) is 1.77. The van der Waals surface area contributed by atoms with Crippen LogP contribution in [0.5, 0.6) is 5.75 Å². The van der Waals surface area contributed by atoms with Gasteiger partial charge in [-0.1, -0.05) is 6.07 Å². The third-order valence-corrected chi connectivity index (χ3v) is 5.07. The molecule has 0 bridgehead atoms. The summed E-state index contributed by atoms with van der Waals surface area (Å²) in [5.74, 6) is 1.20. The Kier molecular flexibility index (Phi) is 5.58. The number of piperazine rings is 1. The molecule has 0 saturated carbocycles. The number of ether oxygens (including phenoxy) is 2. The highest BCUT2D eigenvalue weighted by atomic mass is 16.5. The zero-order valence-electron chi connectivity index (χ0n) is 14.3. The fourth-order valence-corrected chi connectivity index (χ4v) is 3.48. The molecule has 0 aliphatic carbocycles. The smallest absolute Gasteiger partial charge is 0.239 e. The zero-order valence-corrected chi connectivity index (χ0v) is 14.3. The Morgan fingerprint density at radius 2 is 1.96 bits per heavy atom. The summed E-state index contributed by atoms with van der Waals surface area (Å²) in [5.41, 5.74) is 7.36. The van der Waals surface area contributed by atoms with E-state index in [1.807, 2.05) is 23.1 Å². The number of nitrogens with zero attached hydrogens (tertiary/aromatic N) is 2. The first-order valence-corrected chi connectivity index (χ1v) is 8.70.